The van der Waals surface area contributed by atoms with Crippen LogP contribution in [0.15, 0.2) is 42.5 Å². The summed E-state index contributed by atoms with van der Waals surface area (Å²) in [4.78, 5) is 10.6. The molecule has 0 unspecified atom stereocenters. The van der Waals surface area contributed by atoms with Gasteiger partial charge in [-0.1, -0.05) is 30.3 Å². The number of benzene rings is 2. The summed E-state index contributed by atoms with van der Waals surface area (Å²) in [5.41, 5.74) is 0.332. The molecular weight excluding hydrogens is 279 g/mol. The van der Waals surface area contributed by atoms with E-state index in [1.807, 2.05) is 30.3 Å². The summed E-state index contributed by atoms with van der Waals surface area (Å²) in [5, 5.41) is 10.8. The Labute approximate surface area is 100 Å². The van der Waals surface area contributed by atoms with Crippen LogP contribution in [0, 0.1) is 0 Å². The van der Waals surface area contributed by atoms with E-state index in [2.05, 4.69) is 0 Å². The normalized spacial score (nSPS) is 9.43. The maximum absolute atomic E-state index is 10.6. The quantitative estimate of drug-likeness (QED) is 0.872. The first-order chi connectivity index (χ1) is 6.27. The molecule has 0 atom stereocenters. The molecule has 3 radical (unpaired) electrons. The van der Waals surface area contributed by atoms with Gasteiger partial charge in [0.1, 0.15) is 0 Å². The van der Waals surface area contributed by atoms with E-state index in [-0.39, 0.29) is 25.8 Å². The van der Waals surface area contributed by atoms with Gasteiger partial charge >= 0.3 is 5.97 Å². The zero-order chi connectivity index (χ0) is 9.26. The van der Waals surface area contributed by atoms with Crippen LogP contribution in [0.3, 0.4) is 0 Å². The summed E-state index contributed by atoms with van der Waals surface area (Å²) in [6, 6.07) is 12.8. The van der Waals surface area contributed by atoms with Gasteiger partial charge in [0.25, 0.3) is 0 Å². The second kappa shape index (κ2) is 4.51. The zero-order valence-corrected chi connectivity index (χ0v) is 10.8. The Bertz CT molecular complexity index is 466. The summed E-state index contributed by atoms with van der Waals surface area (Å²) in [7, 11) is 0. The molecule has 2 nitrogen and oxygen atoms in total. The number of fused-ring (bicyclic) bond motifs is 1. The van der Waals surface area contributed by atoms with E-state index in [0.717, 1.165) is 10.8 Å². The fraction of sp³-hybridized carbons (Fsp3) is 0. The SMILES string of the molecule is O=C(O)c1ccc2ccccc2c1.[In]. The molecule has 0 amide bonds. The Morgan fingerprint density at radius 2 is 1.64 bits per heavy atom. The van der Waals surface area contributed by atoms with Crippen LogP contribution >= 0.6 is 0 Å². The Hall–Kier alpha value is -0.960. The molecule has 0 saturated heterocycles. The van der Waals surface area contributed by atoms with Crippen LogP contribution in [0.2, 0.25) is 0 Å². The molecule has 2 aromatic rings. The minimum atomic E-state index is -0.884. The van der Waals surface area contributed by atoms with Crippen molar-refractivity contribution < 1.29 is 9.90 Å². The van der Waals surface area contributed by atoms with E-state index in [1.165, 1.54) is 0 Å². The van der Waals surface area contributed by atoms with Gasteiger partial charge in [-0.05, 0) is 22.9 Å². The minimum absolute atomic E-state index is 0. The largest absolute Gasteiger partial charge is 0.478 e. The fourth-order valence-corrected chi connectivity index (χ4v) is 1.32. The van der Waals surface area contributed by atoms with E-state index < -0.39 is 5.97 Å². The third-order valence-corrected chi connectivity index (χ3v) is 2.00. The van der Waals surface area contributed by atoms with Crippen LogP contribution in [0.4, 0.5) is 0 Å². The Balaban J connectivity index is 0.000000980. The van der Waals surface area contributed by atoms with Crippen LogP contribution < -0.4 is 0 Å². The second-order valence-corrected chi connectivity index (χ2v) is 2.87. The Morgan fingerprint density at radius 1 is 1.00 bits per heavy atom. The summed E-state index contributed by atoms with van der Waals surface area (Å²) in [5.74, 6) is -0.884. The van der Waals surface area contributed by atoms with Crippen molar-refractivity contribution in [2.24, 2.45) is 0 Å². The monoisotopic (exact) mass is 287 g/mol. The maximum atomic E-state index is 10.6. The Kier molecular flexibility index (Phi) is 3.58. The van der Waals surface area contributed by atoms with Gasteiger partial charge in [-0.15, -0.1) is 0 Å². The summed E-state index contributed by atoms with van der Waals surface area (Å²) in [6.07, 6.45) is 0. The zero-order valence-electron chi connectivity index (χ0n) is 7.47. The number of hydrogen-bond donors (Lipinski definition) is 1. The van der Waals surface area contributed by atoms with Gasteiger partial charge in [-0.3, -0.25) is 0 Å². The average molecular weight is 287 g/mol. The van der Waals surface area contributed by atoms with Crippen molar-refractivity contribution in [3.63, 3.8) is 0 Å². The Morgan fingerprint density at radius 3 is 2.29 bits per heavy atom. The van der Waals surface area contributed by atoms with Gasteiger partial charge in [-0.25, -0.2) is 4.79 Å². The average Bonchev–Trinajstić information content (AvgIpc) is 2.17. The molecule has 0 aliphatic rings. The summed E-state index contributed by atoms with van der Waals surface area (Å²) in [6.45, 7) is 0. The van der Waals surface area contributed by atoms with Crippen LogP contribution in [0.25, 0.3) is 10.8 Å². The standard InChI is InChI=1S/C11H8O2.In/c12-11(13)10-6-5-8-3-1-2-4-9(8)7-10;/h1-7H,(H,12,13);. The predicted molar refractivity (Wildman–Crippen MR) is 56.7 cm³/mol. The van der Waals surface area contributed by atoms with E-state index >= 15 is 0 Å². The van der Waals surface area contributed by atoms with Gasteiger partial charge in [0.05, 0.1) is 5.56 Å². The van der Waals surface area contributed by atoms with Gasteiger partial charge in [-0.2, -0.15) is 0 Å². The second-order valence-electron chi connectivity index (χ2n) is 2.87. The molecule has 0 spiro atoms. The first-order valence-electron chi connectivity index (χ1n) is 3.99. The van der Waals surface area contributed by atoms with E-state index in [1.54, 1.807) is 12.1 Å². The first kappa shape index (κ1) is 11.1. The summed E-state index contributed by atoms with van der Waals surface area (Å²) >= 11 is 0. The molecule has 14 heavy (non-hydrogen) atoms. The van der Waals surface area contributed by atoms with Crippen molar-refractivity contribution in [2.75, 3.05) is 0 Å². The van der Waals surface area contributed by atoms with Crippen LogP contribution in [0.5, 0.6) is 0 Å². The van der Waals surface area contributed by atoms with Crippen molar-refractivity contribution in [1.82, 2.24) is 0 Å². The third kappa shape index (κ3) is 2.10. The van der Waals surface area contributed by atoms with Crippen LogP contribution in [-0.2, 0) is 0 Å². The van der Waals surface area contributed by atoms with E-state index in [0.29, 0.717) is 5.56 Å². The predicted octanol–water partition coefficient (Wildman–Crippen LogP) is 2.16. The third-order valence-electron chi connectivity index (χ3n) is 2.00. The molecule has 0 heterocycles. The van der Waals surface area contributed by atoms with Gasteiger partial charge in [0.15, 0.2) is 0 Å². The summed E-state index contributed by atoms with van der Waals surface area (Å²) < 4.78 is 0. The van der Waals surface area contributed by atoms with Gasteiger partial charge in [0.2, 0.25) is 0 Å². The molecule has 3 heteroatoms. The number of carboxylic acids is 1. The van der Waals surface area contributed by atoms with Crippen LogP contribution in [-0.4, -0.2) is 36.9 Å². The van der Waals surface area contributed by atoms with Crippen molar-refractivity contribution in [2.45, 2.75) is 0 Å². The number of hydrogen-bond acceptors (Lipinski definition) is 1. The van der Waals surface area contributed by atoms with Gasteiger partial charge in [0, 0.05) is 25.8 Å². The molecule has 0 aromatic heterocycles. The topological polar surface area (TPSA) is 37.3 Å². The molecule has 2 aromatic carbocycles. The maximum Gasteiger partial charge on any atom is 0.335 e. The number of rotatable bonds is 1. The van der Waals surface area contributed by atoms with E-state index in [9.17, 15) is 4.79 Å². The molecule has 0 bridgehead atoms. The molecule has 0 aliphatic carbocycles. The number of carboxylic acid groups (broad SMARTS) is 1. The molecule has 2 rings (SSSR count). The number of carbonyl (C=O) groups is 1. The fourth-order valence-electron chi connectivity index (χ4n) is 1.32. The molecular formula is C11H8InO2. The smallest absolute Gasteiger partial charge is 0.335 e. The first-order valence-corrected chi connectivity index (χ1v) is 3.99. The number of aromatic carboxylic acids is 1. The molecule has 0 saturated carbocycles. The minimum Gasteiger partial charge on any atom is -0.478 e. The molecule has 0 aliphatic heterocycles. The van der Waals surface area contributed by atoms with Crippen molar-refractivity contribution in [3.05, 3.63) is 48.0 Å². The van der Waals surface area contributed by atoms with Crippen molar-refractivity contribution >= 4 is 42.6 Å². The molecule has 67 valence electrons. The molecule has 0 fully saturated rings. The van der Waals surface area contributed by atoms with Crippen LogP contribution in [0.1, 0.15) is 10.4 Å². The van der Waals surface area contributed by atoms with Gasteiger partial charge < -0.3 is 5.11 Å². The molecule has 1 N–H and O–H groups in total. The van der Waals surface area contributed by atoms with Crippen molar-refractivity contribution in [3.8, 4) is 0 Å². The van der Waals surface area contributed by atoms with Crippen molar-refractivity contribution in [1.29, 1.82) is 0 Å². The van der Waals surface area contributed by atoms with E-state index in [4.69, 9.17) is 5.11 Å².